The van der Waals surface area contributed by atoms with E-state index in [9.17, 15) is 23.1 Å². The second-order valence-corrected chi connectivity index (χ2v) is 9.14. The van der Waals surface area contributed by atoms with E-state index in [1.54, 1.807) is 12.1 Å². The lowest BCUT2D eigenvalue weighted by Gasteiger charge is -2.39. The fourth-order valence-corrected chi connectivity index (χ4v) is 5.23. The number of hydrogen-bond donors (Lipinski definition) is 2. The van der Waals surface area contributed by atoms with E-state index in [1.807, 2.05) is 23.2 Å². The summed E-state index contributed by atoms with van der Waals surface area (Å²) in [5.41, 5.74) is 6.06. The molecule has 1 aromatic heterocycles. The van der Waals surface area contributed by atoms with E-state index in [2.05, 4.69) is 35.7 Å². The zero-order valence-electron chi connectivity index (χ0n) is 19.3. The van der Waals surface area contributed by atoms with E-state index < -0.39 is 18.9 Å². The number of fused-ring (bicyclic) bond motifs is 1. The molecule has 0 amide bonds. The molecule has 0 aliphatic carbocycles. The van der Waals surface area contributed by atoms with Crippen LogP contribution in [0.15, 0.2) is 42.6 Å². The van der Waals surface area contributed by atoms with Gasteiger partial charge in [0, 0.05) is 30.2 Å². The van der Waals surface area contributed by atoms with Gasteiger partial charge in [-0.1, -0.05) is 18.2 Å². The topological polar surface area (TPSA) is 65.6 Å². The molecule has 1 aliphatic heterocycles. The minimum Gasteiger partial charge on any atom is -0.478 e. The summed E-state index contributed by atoms with van der Waals surface area (Å²) in [6.45, 7) is 5.29. The van der Waals surface area contributed by atoms with Gasteiger partial charge in [0.05, 0.1) is 12.2 Å². The van der Waals surface area contributed by atoms with Crippen LogP contribution in [-0.2, 0) is 11.2 Å². The predicted octanol–water partition coefficient (Wildman–Crippen LogP) is 5.67. The molecule has 0 bridgehead atoms. The van der Waals surface area contributed by atoms with Gasteiger partial charge in [0.2, 0.25) is 0 Å². The minimum atomic E-state index is -4.63. The molecule has 1 fully saturated rings. The summed E-state index contributed by atoms with van der Waals surface area (Å²) in [6.07, 6.45) is -1.00. The Morgan fingerprint density at radius 3 is 2.59 bits per heavy atom. The van der Waals surface area contributed by atoms with E-state index in [1.165, 1.54) is 22.1 Å². The van der Waals surface area contributed by atoms with Crippen molar-refractivity contribution in [2.45, 2.75) is 39.0 Å². The molecular weight excluding hydrogens is 445 g/mol. The third kappa shape index (κ3) is 5.45. The van der Waals surface area contributed by atoms with Gasteiger partial charge in [-0.2, -0.15) is 0 Å². The number of likely N-dealkylation sites (tertiary alicyclic amines) is 1. The Hall–Kier alpha value is -2.84. The van der Waals surface area contributed by atoms with Gasteiger partial charge >= 0.3 is 12.3 Å². The van der Waals surface area contributed by atoms with Crippen LogP contribution < -0.4 is 0 Å². The first-order valence-corrected chi connectivity index (χ1v) is 11.4. The van der Waals surface area contributed by atoms with Gasteiger partial charge in [-0.05, 0) is 85.5 Å². The third-order valence-electron chi connectivity index (χ3n) is 6.94. The highest BCUT2D eigenvalue weighted by molar-refractivity contribution is 5.88. The molecule has 1 aliphatic rings. The normalized spacial score (nSPS) is 19.6. The first-order chi connectivity index (χ1) is 16.1. The van der Waals surface area contributed by atoms with Crippen molar-refractivity contribution in [2.75, 3.05) is 26.2 Å². The molecule has 2 atom stereocenters. The molecule has 1 saturated heterocycles. The number of H-pyrrole nitrogens is 1. The van der Waals surface area contributed by atoms with Crippen molar-refractivity contribution in [2.24, 2.45) is 5.92 Å². The number of carboxylic acids is 1. The van der Waals surface area contributed by atoms with E-state index >= 15 is 0 Å². The molecule has 4 rings (SSSR count). The van der Waals surface area contributed by atoms with E-state index in [4.69, 9.17) is 0 Å². The number of carboxylic acid groups (broad SMARTS) is 1. The Kier molecular flexibility index (Phi) is 7.00. The fraction of sp³-hybridized carbons (Fsp3) is 0.423. The summed E-state index contributed by atoms with van der Waals surface area (Å²) < 4.78 is 41.3. The van der Waals surface area contributed by atoms with Crippen molar-refractivity contribution in [1.82, 2.24) is 9.88 Å². The molecule has 0 spiro atoms. The number of piperidine rings is 1. The molecular formula is C26H29F3N2O3. The number of alkyl halides is 3. The first kappa shape index (κ1) is 24.3. The smallest absolute Gasteiger partial charge is 0.478 e. The molecule has 34 heavy (non-hydrogen) atoms. The highest BCUT2D eigenvalue weighted by Gasteiger charge is 2.33. The van der Waals surface area contributed by atoms with Crippen LogP contribution in [0.1, 0.15) is 45.0 Å². The van der Waals surface area contributed by atoms with Gasteiger partial charge in [0.15, 0.2) is 0 Å². The van der Waals surface area contributed by atoms with Crippen molar-refractivity contribution >= 4 is 16.9 Å². The quantitative estimate of drug-likeness (QED) is 0.463. The van der Waals surface area contributed by atoms with Crippen LogP contribution in [0.4, 0.5) is 13.2 Å². The SMILES string of the molecule is Cc1cc(C)c2[nH]ccc2c1CC1CCN(CCOC(F)(F)F)CC1c1ccc(C(=O)O)cc1. The molecule has 2 aromatic carbocycles. The van der Waals surface area contributed by atoms with E-state index in [0.29, 0.717) is 13.1 Å². The number of halogens is 3. The summed E-state index contributed by atoms with van der Waals surface area (Å²) in [5, 5.41) is 10.5. The average Bonchev–Trinajstić information content (AvgIpc) is 3.27. The number of hydrogen-bond acceptors (Lipinski definition) is 3. The Balaban J connectivity index is 1.59. The minimum absolute atomic E-state index is 0.0668. The number of aryl methyl sites for hydroxylation is 2. The summed E-state index contributed by atoms with van der Waals surface area (Å²) in [6, 6.07) is 11.2. The largest absolute Gasteiger partial charge is 0.522 e. The van der Waals surface area contributed by atoms with Gasteiger partial charge < -0.3 is 15.0 Å². The van der Waals surface area contributed by atoms with Gasteiger partial charge in [0.25, 0.3) is 0 Å². The van der Waals surface area contributed by atoms with Gasteiger partial charge in [-0.15, -0.1) is 13.2 Å². The van der Waals surface area contributed by atoms with Crippen molar-refractivity contribution < 1.29 is 27.8 Å². The molecule has 8 heteroatoms. The Morgan fingerprint density at radius 2 is 1.91 bits per heavy atom. The molecule has 5 nitrogen and oxygen atoms in total. The maximum absolute atomic E-state index is 12.4. The summed E-state index contributed by atoms with van der Waals surface area (Å²) in [5.74, 6) is -0.644. The average molecular weight is 475 g/mol. The molecule has 2 unspecified atom stereocenters. The van der Waals surface area contributed by atoms with Crippen molar-refractivity contribution in [3.8, 4) is 0 Å². The van der Waals surface area contributed by atoms with Crippen LogP contribution in [0.2, 0.25) is 0 Å². The molecule has 0 saturated carbocycles. The van der Waals surface area contributed by atoms with Crippen LogP contribution in [-0.4, -0.2) is 53.6 Å². The number of aromatic amines is 1. The monoisotopic (exact) mass is 474 g/mol. The molecule has 2 heterocycles. The lowest BCUT2D eigenvalue weighted by Crippen LogP contribution is -2.42. The third-order valence-corrected chi connectivity index (χ3v) is 6.94. The van der Waals surface area contributed by atoms with E-state index in [-0.39, 0.29) is 23.9 Å². The van der Waals surface area contributed by atoms with Crippen LogP contribution in [0.3, 0.4) is 0 Å². The highest BCUT2D eigenvalue weighted by Crippen LogP contribution is 2.37. The van der Waals surface area contributed by atoms with Gasteiger partial charge in [-0.3, -0.25) is 4.74 Å². The van der Waals surface area contributed by atoms with Crippen LogP contribution >= 0.6 is 0 Å². The number of aromatic nitrogens is 1. The summed E-state index contributed by atoms with van der Waals surface area (Å²) in [7, 11) is 0. The number of aromatic carboxylic acids is 1. The number of nitrogens with one attached hydrogen (secondary N) is 1. The Morgan fingerprint density at radius 1 is 1.18 bits per heavy atom. The second-order valence-electron chi connectivity index (χ2n) is 9.14. The predicted molar refractivity (Wildman–Crippen MR) is 124 cm³/mol. The summed E-state index contributed by atoms with van der Waals surface area (Å²) >= 11 is 0. The standard InChI is InChI=1S/C26H29F3N2O3/c1-16-13-17(2)24-21(7-9-30-24)22(16)14-20-8-10-31(11-12-34-26(27,28)29)15-23(20)18-3-5-19(6-4-18)25(32)33/h3-7,9,13,20,23,30H,8,10-12,14-15H2,1-2H3,(H,32,33). The maximum Gasteiger partial charge on any atom is 0.522 e. The molecule has 3 aromatic rings. The van der Waals surface area contributed by atoms with Crippen molar-refractivity contribution in [3.63, 3.8) is 0 Å². The number of nitrogens with zero attached hydrogens (tertiary/aromatic N) is 1. The molecule has 182 valence electrons. The van der Waals surface area contributed by atoms with Crippen LogP contribution in [0.25, 0.3) is 10.9 Å². The Bertz CT molecular complexity index is 1150. The van der Waals surface area contributed by atoms with Gasteiger partial charge in [-0.25, -0.2) is 4.79 Å². The fourth-order valence-electron chi connectivity index (χ4n) is 5.23. The van der Waals surface area contributed by atoms with Gasteiger partial charge in [0.1, 0.15) is 0 Å². The lowest BCUT2D eigenvalue weighted by molar-refractivity contribution is -0.325. The van der Waals surface area contributed by atoms with Crippen LogP contribution in [0.5, 0.6) is 0 Å². The molecule has 0 radical (unpaired) electrons. The molecule has 2 N–H and O–H groups in total. The highest BCUT2D eigenvalue weighted by atomic mass is 19.4. The number of benzene rings is 2. The van der Waals surface area contributed by atoms with Crippen molar-refractivity contribution in [3.05, 3.63) is 70.4 Å². The maximum atomic E-state index is 12.4. The Labute approximate surface area is 196 Å². The number of carbonyl (C=O) groups is 1. The lowest BCUT2D eigenvalue weighted by atomic mass is 9.76. The van der Waals surface area contributed by atoms with Crippen LogP contribution in [0, 0.1) is 19.8 Å². The van der Waals surface area contributed by atoms with Crippen molar-refractivity contribution in [1.29, 1.82) is 0 Å². The summed E-state index contributed by atoms with van der Waals surface area (Å²) in [4.78, 5) is 16.6. The first-order valence-electron chi connectivity index (χ1n) is 11.4. The zero-order valence-corrected chi connectivity index (χ0v) is 19.3. The second kappa shape index (κ2) is 9.80. The zero-order chi connectivity index (χ0) is 24.5. The number of rotatable bonds is 7. The number of ether oxygens (including phenoxy) is 1. The van der Waals surface area contributed by atoms with E-state index in [0.717, 1.165) is 23.9 Å².